The lowest BCUT2D eigenvalue weighted by molar-refractivity contribution is 0.728. The topological polar surface area (TPSA) is 12.0 Å². The minimum Gasteiger partial charge on any atom is -0.313 e. The molecule has 0 spiro atoms. The molecular formula is C16H19N. The highest BCUT2D eigenvalue weighted by Gasteiger charge is 2.04. The van der Waals surface area contributed by atoms with Crippen molar-refractivity contribution in [3.05, 3.63) is 59.7 Å². The zero-order chi connectivity index (χ0) is 12.1. The molecule has 0 unspecified atom stereocenters. The lowest BCUT2D eigenvalue weighted by atomic mass is 9.97. The van der Waals surface area contributed by atoms with Crippen LogP contribution in [-0.2, 0) is 6.54 Å². The Labute approximate surface area is 103 Å². The SMILES string of the molecule is CCNCc1ccc(C)cc1-c1ccccc1. The number of rotatable bonds is 4. The molecule has 0 aliphatic carbocycles. The second-order valence-corrected chi connectivity index (χ2v) is 4.31. The van der Waals surface area contributed by atoms with Gasteiger partial charge in [0.05, 0.1) is 0 Å². The van der Waals surface area contributed by atoms with Crippen LogP contribution in [0.15, 0.2) is 48.5 Å². The van der Waals surface area contributed by atoms with E-state index in [0.29, 0.717) is 0 Å². The fourth-order valence-corrected chi connectivity index (χ4v) is 1.99. The molecule has 17 heavy (non-hydrogen) atoms. The van der Waals surface area contributed by atoms with E-state index in [1.54, 1.807) is 0 Å². The van der Waals surface area contributed by atoms with Gasteiger partial charge in [-0.15, -0.1) is 0 Å². The van der Waals surface area contributed by atoms with Gasteiger partial charge in [0, 0.05) is 6.54 Å². The third kappa shape index (κ3) is 2.95. The molecule has 1 heteroatoms. The van der Waals surface area contributed by atoms with Crippen LogP contribution in [0.25, 0.3) is 11.1 Å². The molecule has 0 aliphatic rings. The van der Waals surface area contributed by atoms with Crippen molar-refractivity contribution in [2.75, 3.05) is 6.54 Å². The molecular weight excluding hydrogens is 206 g/mol. The zero-order valence-electron chi connectivity index (χ0n) is 10.5. The number of nitrogens with one attached hydrogen (secondary N) is 1. The quantitative estimate of drug-likeness (QED) is 0.835. The van der Waals surface area contributed by atoms with E-state index in [4.69, 9.17) is 0 Å². The number of hydrogen-bond donors (Lipinski definition) is 1. The Hall–Kier alpha value is -1.60. The molecule has 88 valence electrons. The fourth-order valence-electron chi connectivity index (χ4n) is 1.99. The van der Waals surface area contributed by atoms with Gasteiger partial charge in [0.25, 0.3) is 0 Å². The van der Waals surface area contributed by atoms with Gasteiger partial charge in [-0.1, -0.05) is 61.0 Å². The van der Waals surface area contributed by atoms with Crippen molar-refractivity contribution in [3.8, 4) is 11.1 Å². The molecule has 0 saturated heterocycles. The molecule has 2 aromatic carbocycles. The fraction of sp³-hybridized carbons (Fsp3) is 0.250. The minimum absolute atomic E-state index is 0.932. The smallest absolute Gasteiger partial charge is 0.0211 e. The van der Waals surface area contributed by atoms with Crippen LogP contribution in [-0.4, -0.2) is 6.54 Å². The summed E-state index contributed by atoms with van der Waals surface area (Å²) in [5, 5.41) is 3.39. The van der Waals surface area contributed by atoms with Crippen LogP contribution in [0, 0.1) is 6.92 Å². The van der Waals surface area contributed by atoms with Crippen LogP contribution in [0.4, 0.5) is 0 Å². The first-order valence-corrected chi connectivity index (χ1v) is 6.17. The van der Waals surface area contributed by atoms with Crippen LogP contribution >= 0.6 is 0 Å². The summed E-state index contributed by atoms with van der Waals surface area (Å²) >= 11 is 0. The maximum absolute atomic E-state index is 3.39. The normalized spacial score (nSPS) is 10.5. The number of benzene rings is 2. The van der Waals surface area contributed by atoms with Gasteiger partial charge in [-0.3, -0.25) is 0 Å². The van der Waals surface area contributed by atoms with Gasteiger partial charge in [0.15, 0.2) is 0 Å². The largest absolute Gasteiger partial charge is 0.313 e. The third-order valence-electron chi connectivity index (χ3n) is 2.92. The van der Waals surface area contributed by atoms with Crippen molar-refractivity contribution in [2.45, 2.75) is 20.4 Å². The summed E-state index contributed by atoms with van der Waals surface area (Å²) < 4.78 is 0. The Kier molecular flexibility index (Phi) is 3.94. The molecule has 0 atom stereocenters. The summed E-state index contributed by atoms with van der Waals surface area (Å²) in [7, 11) is 0. The average molecular weight is 225 g/mol. The van der Waals surface area contributed by atoms with Crippen LogP contribution in [0.2, 0.25) is 0 Å². The summed E-state index contributed by atoms with van der Waals surface area (Å²) in [4.78, 5) is 0. The lowest BCUT2D eigenvalue weighted by Crippen LogP contribution is -2.12. The van der Waals surface area contributed by atoms with Crippen molar-refractivity contribution < 1.29 is 0 Å². The monoisotopic (exact) mass is 225 g/mol. The summed E-state index contributed by atoms with van der Waals surface area (Å²) in [6, 6.07) is 17.3. The van der Waals surface area contributed by atoms with Gasteiger partial charge in [-0.05, 0) is 30.2 Å². The van der Waals surface area contributed by atoms with Gasteiger partial charge in [-0.25, -0.2) is 0 Å². The molecule has 0 amide bonds. The molecule has 0 aliphatic heterocycles. The van der Waals surface area contributed by atoms with E-state index in [0.717, 1.165) is 13.1 Å². The Morgan fingerprint density at radius 3 is 2.47 bits per heavy atom. The van der Waals surface area contributed by atoms with Gasteiger partial charge < -0.3 is 5.32 Å². The Morgan fingerprint density at radius 2 is 1.76 bits per heavy atom. The molecule has 2 aromatic rings. The molecule has 0 aromatic heterocycles. The molecule has 0 radical (unpaired) electrons. The Morgan fingerprint density at radius 1 is 1.00 bits per heavy atom. The Bertz CT molecular complexity index is 474. The zero-order valence-corrected chi connectivity index (χ0v) is 10.5. The van der Waals surface area contributed by atoms with E-state index in [1.165, 1.54) is 22.3 Å². The first kappa shape index (κ1) is 11.9. The molecule has 1 N–H and O–H groups in total. The summed E-state index contributed by atoms with van der Waals surface area (Å²) in [6.07, 6.45) is 0. The summed E-state index contributed by atoms with van der Waals surface area (Å²) in [5.41, 5.74) is 5.31. The first-order chi connectivity index (χ1) is 8.31. The van der Waals surface area contributed by atoms with Gasteiger partial charge in [0.2, 0.25) is 0 Å². The molecule has 0 bridgehead atoms. The van der Waals surface area contributed by atoms with Crippen LogP contribution < -0.4 is 5.32 Å². The Balaban J connectivity index is 2.40. The van der Waals surface area contributed by atoms with Crippen molar-refractivity contribution >= 4 is 0 Å². The third-order valence-corrected chi connectivity index (χ3v) is 2.92. The first-order valence-electron chi connectivity index (χ1n) is 6.17. The second-order valence-electron chi connectivity index (χ2n) is 4.31. The minimum atomic E-state index is 0.932. The van der Waals surface area contributed by atoms with E-state index in [2.05, 4.69) is 67.7 Å². The van der Waals surface area contributed by atoms with E-state index in [9.17, 15) is 0 Å². The second kappa shape index (κ2) is 5.65. The highest BCUT2D eigenvalue weighted by molar-refractivity contribution is 5.68. The highest BCUT2D eigenvalue weighted by atomic mass is 14.8. The molecule has 0 fully saturated rings. The van der Waals surface area contributed by atoms with Crippen molar-refractivity contribution in [2.24, 2.45) is 0 Å². The number of hydrogen-bond acceptors (Lipinski definition) is 1. The summed E-state index contributed by atoms with van der Waals surface area (Å²) in [6.45, 7) is 6.21. The van der Waals surface area contributed by atoms with Gasteiger partial charge in [0.1, 0.15) is 0 Å². The van der Waals surface area contributed by atoms with Crippen LogP contribution in [0.1, 0.15) is 18.1 Å². The molecule has 2 rings (SSSR count). The lowest BCUT2D eigenvalue weighted by Gasteiger charge is -2.11. The maximum Gasteiger partial charge on any atom is 0.0211 e. The highest BCUT2D eigenvalue weighted by Crippen LogP contribution is 2.24. The molecule has 1 nitrogen and oxygen atoms in total. The van der Waals surface area contributed by atoms with Crippen LogP contribution in [0.5, 0.6) is 0 Å². The predicted molar refractivity (Wildman–Crippen MR) is 74.0 cm³/mol. The van der Waals surface area contributed by atoms with E-state index in [1.807, 2.05) is 0 Å². The maximum atomic E-state index is 3.39. The van der Waals surface area contributed by atoms with Crippen molar-refractivity contribution in [1.29, 1.82) is 0 Å². The van der Waals surface area contributed by atoms with Crippen LogP contribution in [0.3, 0.4) is 0 Å². The summed E-state index contributed by atoms with van der Waals surface area (Å²) in [5.74, 6) is 0. The van der Waals surface area contributed by atoms with E-state index < -0.39 is 0 Å². The van der Waals surface area contributed by atoms with Crippen molar-refractivity contribution in [3.63, 3.8) is 0 Å². The molecule has 0 saturated carbocycles. The standard InChI is InChI=1S/C16H19N/c1-3-17-12-15-10-9-13(2)11-16(15)14-7-5-4-6-8-14/h4-11,17H,3,12H2,1-2H3. The molecule has 0 heterocycles. The predicted octanol–water partition coefficient (Wildman–Crippen LogP) is 3.77. The van der Waals surface area contributed by atoms with Crippen molar-refractivity contribution in [1.82, 2.24) is 5.32 Å². The van der Waals surface area contributed by atoms with Gasteiger partial charge in [-0.2, -0.15) is 0 Å². The van der Waals surface area contributed by atoms with E-state index >= 15 is 0 Å². The average Bonchev–Trinajstić information content (AvgIpc) is 2.38. The van der Waals surface area contributed by atoms with E-state index in [-0.39, 0.29) is 0 Å². The van der Waals surface area contributed by atoms with Gasteiger partial charge >= 0.3 is 0 Å². The number of aryl methyl sites for hydroxylation is 1.